The molecule has 0 heterocycles. The number of aliphatic hydroxyl groups excluding tert-OH is 1. The van der Waals surface area contributed by atoms with E-state index in [1.807, 2.05) is 6.92 Å². The lowest BCUT2D eigenvalue weighted by Gasteiger charge is -2.71. The number of aliphatic hydroxyl groups is 1. The van der Waals surface area contributed by atoms with E-state index in [0.717, 1.165) is 24.2 Å². The van der Waals surface area contributed by atoms with Gasteiger partial charge in [-0.1, -0.05) is 45.4 Å². The average Bonchev–Trinajstić information content (AvgIpc) is 3.20. The number of nitrogens with zero attached hydrogens (tertiary/aromatic N) is 1. The zero-order valence-electron chi connectivity index (χ0n) is 21.5. The molecule has 0 aromatic carbocycles. The lowest BCUT2D eigenvalue weighted by Crippen LogP contribution is -2.65. The summed E-state index contributed by atoms with van der Waals surface area (Å²) in [4.78, 5) is 11.4. The fourth-order valence-electron chi connectivity index (χ4n) is 10.7. The Morgan fingerprint density at radius 3 is 2.28 bits per heavy atom. The molecule has 5 aliphatic carbocycles. The van der Waals surface area contributed by atoms with Crippen molar-refractivity contribution in [3.8, 4) is 0 Å². The maximum atomic E-state index is 11.4. The fraction of sp³-hybridized carbons (Fsp3) is 0.931. The lowest BCUT2D eigenvalue weighted by atomic mass is 9.33. The van der Waals surface area contributed by atoms with E-state index in [0.29, 0.717) is 34.7 Å². The Balaban J connectivity index is 0.000000775. The van der Waals surface area contributed by atoms with Gasteiger partial charge in [-0.2, -0.15) is 4.91 Å². The smallest absolute Gasteiger partial charge is 0.0948 e. The zero-order chi connectivity index (χ0) is 23.4. The second-order valence-corrected chi connectivity index (χ2v) is 13.2. The van der Waals surface area contributed by atoms with E-state index < -0.39 is 0 Å². The summed E-state index contributed by atoms with van der Waals surface area (Å²) >= 11 is 0. The summed E-state index contributed by atoms with van der Waals surface area (Å²) in [5.74, 6) is 3.46. The van der Waals surface area contributed by atoms with Gasteiger partial charge in [-0.05, 0) is 122 Å². The number of hydrogen-bond donors (Lipinski definition) is 1. The number of hydrogen-bond acceptors (Lipinski definition) is 3. The summed E-state index contributed by atoms with van der Waals surface area (Å²) in [7, 11) is 0. The van der Waals surface area contributed by atoms with Gasteiger partial charge in [0, 0.05) is 6.61 Å². The Bertz CT molecular complexity index is 722. The predicted octanol–water partition coefficient (Wildman–Crippen LogP) is 7.77. The molecule has 9 unspecified atom stereocenters. The molecule has 5 aliphatic rings. The highest BCUT2D eigenvalue weighted by molar-refractivity contribution is 5.17. The van der Waals surface area contributed by atoms with Crippen molar-refractivity contribution in [1.29, 1.82) is 0 Å². The molecule has 0 aromatic heterocycles. The van der Waals surface area contributed by atoms with Gasteiger partial charge >= 0.3 is 0 Å². The van der Waals surface area contributed by atoms with Crippen LogP contribution in [0.5, 0.6) is 0 Å². The van der Waals surface area contributed by atoms with Crippen molar-refractivity contribution in [2.75, 3.05) is 6.61 Å². The third-order valence-corrected chi connectivity index (χ3v) is 12.6. The standard InChI is InChI=1S/C26H43NO2.C3H6/c1-17-18-9-13-25(4)22(23(18,2)12-10-21(17)27-29)8-7-19-20-6-5-11-26(20,16-28)15-14-24(19,25)3;1-3-2/h17-22,28H,5-16H2,1-4H3;3H,1H2,2H3/t17?,18?,19?,20?,21?,22?,23?,24-,25?,26?;/m1./s1. The third-order valence-electron chi connectivity index (χ3n) is 12.6. The van der Waals surface area contributed by atoms with Crippen LogP contribution in [-0.2, 0) is 0 Å². The summed E-state index contributed by atoms with van der Waals surface area (Å²) in [6, 6.07) is 0.0442. The van der Waals surface area contributed by atoms with Gasteiger partial charge in [-0.25, -0.2) is 0 Å². The van der Waals surface area contributed by atoms with Crippen molar-refractivity contribution in [3.63, 3.8) is 0 Å². The molecule has 0 amide bonds. The molecule has 5 saturated carbocycles. The van der Waals surface area contributed by atoms with Crippen LogP contribution in [-0.4, -0.2) is 17.8 Å². The molecule has 0 aliphatic heterocycles. The number of nitroso groups, excluding NO2 is 1. The van der Waals surface area contributed by atoms with Crippen molar-refractivity contribution in [3.05, 3.63) is 17.6 Å². The number of fused-ring (bicyclic) bond motifs is 7. The van der Waals surface area contributed by atoms with Crippen LogP contribution in [0.3, 0.4) is 0 Å². The van der Waals surface area contributed by atoms with E-state index in [1.54, 1.807) is 6.08 Å². The van der Waals surface area contributed by atoms with Crippen LogP contribution in [0, 0.1) is 56.2 Å². The molecule has 0 radical (unpaired) electrons. The van der Waals surface area contributed by atoms with Crippen molar-refractivity contribution in [2.45, 2.75) is 111 Å². The second-order valence-electron chi connectivity index (χ2n) is 13.2. The van der Waals surface area contributed by atoms with Gasteiger partial charge in [-0.15, -0.1) is 6.58 Å². The molecule has 5 fully saturated rings. The molecular formula is C29H49NO2. The number of allylic oxidation sites excluding steroid dienone is 1. The van der Waals surface area contributed by atoms with Gasteiger partial charge in [0.2, 0.25) is 0 Å². The van der Waals surface area contributed by atoms with Gasteiger partial charge in [0.15, 0.2) is 0 Å². The minimum absolute atomic E-state index is 0.0442. The van der Waals surface area contributed by atoms with Crippen LogP contribution in [0.25, 0.3) is 0 Å². The van der Waals surface area contributed by atoms with Crippen LogP contribution in [0.4, 0.5) is 0 Å². The molecule has 0 saturated heterocycles. The molecular weight excluding hydrogens is 394 g/mol. The first kappa shape index (κ1) is 24.4. The Morgan fingerprint density at radius 1 is 0.906 bits per heavy atom. The molecule has 0 bridgehead atoms. The summed E-state index contributed by atoms with van der Waals surface area (Å²) < 4.78 is 0. The minimum atomic E-state index is 0.0442. The highest BCUT2D eigenvalue weighted by atomic mass is 16.3. The van der Waals surface area contributed by atoms with Crippen LogP contribution < -0.4 is 0 Å². The summed E-state index contributed by atoms with van der Waals surface area (Å²) in [5.41, 5.74) is 1.45. The SMILES string of the molecule is C=CC.CC1C(N=O)CCC2(C)C1CCC1(C)C2CCC2C3CCCC3(CO)CC[C@]21C. The number of rotatable bonds is 2. The maximum absolute atomic E-state index is 11.4. The first-order valence-corrected chi connectivity index (χ1v) is 13.7. The minimum Gasteiger partial charge on any atom is -0.396 e. The fourth-order valence-corrected chi connectivity index (χ4v) is 10.7. The van der Waals surface area contributed by atoms with Crippen LogP contribution in [0.15, 0.2) is 17.8 Å². The normalized spacial score (nSPS) is 54.1. The molecule has 32 heavy (non-hydrogen) atoms. The molecule has 1 N–H and O–H groups in total. The third kappa shape index (κ3) is 3.15. The summed E-state index contributed by atoms with van der Waals surface area (Å²) in [5, 5.41) is 13.9. The van der Waals surface area contributed by atoms with Gasteiger partial charge < -0.3 is 5.11 Å². The molecule has 3 nitrogen and oxygen atoms in total. The lowest BCUT2D eigenvalue weighted by molar-refractivity contribution is -0.229. The predicted molar refractivity (Wildman–Crippen MR) is 133 cm³/mol. The van der Waals surface area contributed by atoms with Crippen LogP contribution in [0.2, 0.25) is 0 Å². The zero-order valence-corrected chi connectivity index (χ0v) is 21.5. The molecule has 182 valence electrons. The van der Waals surface area contributed by atoms with Crippen molar-refractivity contribution in [1.82, 2.24) is 0 Å². The van der Waals surface area contributed by atoms with E-state index in [4.69, 9.17) is 0 Å². The highest BCUT2D eigenvalue weighted by Gasteiger charge is 2.68. The largest absolute Gasteiger partial charge is 0.396 e. The Labute approximate surface area is 197 Å². The van der Waals surface area contributed by atoms with Crippen LogP contribution in [0.1, 0.15) is 105 Å². The van der Waals surface area contributed by atoms with Gasteiger partial charge in [0.05, 0.1) is 6.04 Å². The van der Waals surface area contributed by atoms with E-state index in [9.17, 15) is 10.0 Å². The summed E-state index contributed by atoms with van der Waals surface area (Å²) in [6.07, 6.45) is 15.8. The van der Waals surface area contributed by atoms with Crippen molar-refractivity contribution >= 4 is 0 Å². The van der Waals surface area contributed by atoms with E-state index >= 15 is 0 Å². The monoisotopic (exact) mass is 443 g/mol. The molecule has 0 spiro atoms. The van der Waals surface area contributed by atoms with E-state index in [1.165, 1.54) is 64.2 Å². The molecule has 10 atom stereocenters. The van der Waals surface area contributed by atoms with Crippen LogP contribution >= 0.6 is 0 Å². The molecule has 3 heteroatoms. The maximum Gasteiger partial charge on any atom is 0.0948 e. The van der Waals surface area contributed by atoms with Gasteiger partial charge in [0.1, 0.15) is 0 Å². The molecule has 0 aromatic rings. The highest BCUT2D eigenvalue weighted by Crippen LogP contribution is 2.75. The first-order valence-electron chi connectivity index (χ1n) is 13.7. The first-order chi connectivity index (χ1) is 15.2. The average molecular weight is 444 g/mol. The van der Waals surface area contributed by atoms with Crippen molar-refractivity contribution < 1.29 is 5.11 Å². The Morgan fingerprint density at radius 2 is 1.62 bits per heavy atom. The molecule has 5 rings (SSSR count). The Hall–Kier alpha value is -0.700. The van der Waals surface area contributed by atoms with E-state index in [-0.39, 0.29) is 11.5 Å². The quantitative estimate of drug-likeness (QED) is 0.350. The van der Waals surface area contributed by atoms with Crippen molar-refractivity contribution in [2.24, 2.45) is 56.4 Å². The Kier molecular flexibility index (Phi) is 6.49. The van der Waals surface area contributed by atoms with E-state index in [2.05, 4.69) is 39.5 Å². The topological polar surface area (TPSA) is 49.7 Å². The second kappa shape index (κ2) is 8.51. The van der Waals surface area contributed by atoms with Gasteiger partial charge in [0.25, 0.3) is 0 Å². The van der Waals surface area contributed by atoms with Gasteiger partial charge in [-0.3, -0.25) is 0 Å². The summed E-state index contributed by atoms with van der Waals surface area (Å²) in [6.45, 7) is 15.9.